The van der Waals surface area contributed by atoms with E-state index in [1.54, 1.807) is 7.11 Å². The van der Waals surface area contributed by atoms with Gasteiger partial charge in [0.1, 0.15) is 0 Å². The summed E-state index contributed by atoms with van der Waals surface area (Å²) in [6, 6.07) is 0. The summed E-state index contributed by atoms with van der Waals surface area (Å²) in [5.74, 6) is -1.98. The molecule has 102 valence electrons. The van der Waals surface area contributed by atoms with E-state index in [-0.39, 0.29) is 12.8 Å². The molecule has 0 saturated heterocycles. The predicted octanol–water partition coefficient (Wildman–Crippen LogP) is 1.64. The number of rotatable bonds is 8. The minimum atomic E-state index is -2.40. The first-order valence-electron chi connectivity index (χ1n) is 6.42. The van der Waals surface area contributed by atoms with Gasteiger partial charge in [-0.15, -0.1) is 0 Å². The Bertz CT molecular complexity index is 193. The Morgan fingerprint density at radius 3 is 2.41 bits per heavy atom. The van der Waals surface area contributed by atoms with Crippen molar-refractivity contribution < 1.29 is 13.5 Å². The number of hydrogen-bond donors (Lipinski definition) is 2. The molecule has 2 N–H and O–H groups in total. The van der Waals surface area contributed by atoms with Gasteiger partial charge in [-0.3, -0.25) is 0 Å². The van der Waals surface area contributed by atoms with Crippen molar-refractivity contribution in [2.45, 2.75) is 31.6 Å². The van der Waals surface area contributed by atoms with Crippen molar-refractivity contribution >= 4 is 0 Å². The van der Waals surface area contributed by atoms with Crippen molar-refractivity contribution in [3.8, 4) is 0 Å². The van der Waals surface area contributed by atoms with Crippen LogP contribution in [-0.4, -0.2) is 45.8 Å². The Morgan fingerprint density at radius 2 is 1.76 bits per heavy atom. The highest BCUT2D eigenvalue weighted by Crippen LogP contribution is 2.35. The highest BCUT2D eigenvalue weighted by molar-refractivity contribution is 4.78. The summed E-state index contributed by atoms with van der Waals surface area (Å²) in [7, 11) is 1.68. The molecule has 1 saturated carbocycles. The first kappa shape index (κ1) is 14.8. The molecule has 1 rings (SSSR count). The summed E-state index contributed by atoms with van der Waals surface area (Å²) < 4.78 is 30.7. The number of alkyl halides is 2. The van der Waals surface area contributed by atoms with Crippen LogP contribution in [-0.2, 0) is 4.74 Å². The van der Waals surface area contributed by atoms with Gasteiger partial charge < -0.3 is 15.4 Å². The minimum Gasteiger partial charge on any atom is -0.383 e. The van der Waals surface area contributed by atoms with Crippen LogP contribution in [0.4, 0.5) is 8.78 Å². The van der Waals surface area contributed by atoms with E-state index in [0.717, 1.165) is 32.8 Å². The second-order valence-corrected chi connectivity index (χ2v) is 4.75. The fourth-order valence-electron chi connectivity index (χ4n) is 2.09. The van der Waals surface area contributed by atoms with Crippen LogP contribution in [0.5, 0.6) is 0 Å². The van der Waals surface area contributed by atoms with Gasteiger partial charge >= 0.3 is 0 Å². The van der Waals surface area contributed by atoms with Crippen molar-refractivity contribution in [1.82, 2.24) is 10.6 Å². The normalized spacial score (nSPS) is 20.6. The molecule has 1 fully saturated rings. The quantitative estimate of drug-likeness (QED) is 0.643. The van der Waals surface area contributed by atoms with Gasteiger partial charge in [0.05, 0.1) is 6.61 Å². The number of methoxy groups -OCH3 is 1. The summed E-state index contributed by atoms with van der Waals surface area (Å²) >= 11 is 0. The van der Waals surface area contributed by atoms with Gasteiger partial charge in [-0.05, 0) is 25.3 Å². The van der Waals surface area contributed by atoms with Gasteiger partial charge in [-0.2, -0.15) is 0 Å². The number of hydrogen-bond acceptors (Lipinski definition) is 3. The van der Waals surface area contributed by atoms with E-state index < -0.39 is 5.92 Å². The number of ether oxygens (including phenoxy) is 1. The molecule has 0 aromatic heterocycles. The van der Waals surface area contributed by atoms with Crippen molar-refractivity contribution in [1.29, 1.82) is 0 Å². The summed E-state index contributed by atoms with van der Waals surface area (Å²) in [6.45, 7) is 4.22. The van der Waals surface area contributed by atoms with Crippen LogP contribution in [0.2, 0.25) is 0 Å². The monoisotopic (exact) mass is 250 g/mol. The average molecular weight is 250 g/mol. The first-order chi connectivity index (χ1) is 8.14. The van der Waals surface area contributed by atoms with Crippen LogP contribution < -0.4 is 10.6 Å². The highest BCUT2D eigenvalue weighted by Gasteiger charge is 2.34. The predicted molar refractivity (Wildman–Crippen MR) is 64.5 cm³/mol. The van der Waals surface area contributed by atoms with E-state index in [1.165, 1.54) is 0 Å². The molecule has 5 heteroatoms. The summed E-state index contributed by atoms with van der Waals surface area (Å²) in [6.07, 6.45) is 1.42. The Labute approximate surface area is 102 Å². The van der Waals surface area contributed by atoms with E-state index in [0.29, 0.717) is 18.8 Å². The molecule has 0 aromatic carbocycles. The lowest BCUT2D eigenvalue weighted by molar-refractivity contribution is -0.0454. The Balaban J connectivity index is 1.90. The SMILES string of the molecule is COCCNCCNCC1CCC(F)(F)CC1. The van der Waals surface area contributed by atoms with Gasteiger partial charge in [-0.1, -0.05) is 0 Å². The Morgan fingerprint density at radius 1 is 1.12 bits per heavy atom. The second kappa shape index (κ2) is 7.95. The lowest BCUT2D eigenvalue weighted by Crippen LogP contribution is -2.34. The molecule has 0 unspecified atom stereocenters. The van der Waals surface area contributed by atoms with Gasteiger partial charge in [0.25, 0.3) is 0 Å². The van der Waals surface area contributed by atoms with Crippen molar-refractivity contribution in [3.63, 3.8) is 0 Å². The van der Waals surface area contributed by atoms with Crippen LogP contribution in [0, 0.1) is 5.92 Å². The smallest absolute Gasteiger partial charge is 0.248 e. The third kappa shape index (κ3) is 6.91. The molecule has 1 aliphatic carbocycles. The van der Waals surface area contributed by atoms with Crippen molar-refractivity contribution in [2.75, 3.05) is 39.9 Å². The minimum absolute atomic E-state index is 0.0609. The summed E-state index contributed by atoms with van der Waals surface area (Å²) in [5.41, 5.74) is 0. The van der Waals surface area contributed by atoms with Crippen LogP contribution >= 0.6 is 0 Å². The van der Waals surface area contributed by atoms with Gasteiger partial charge in [0.2, 0.25) is 5.92 Å². The molecule has 0 radical (unpaired) electrons. The molecule has 0 spiro atoms. The molecule has 0 aromatic rings. The summed E-state index contributed by atoms with van der Waals surface area (Å²) in [4.78, 5) is 0. The molecule has 0 bridgehead atoms. The Kier molecular flexibility index (Phi) is 6.92. The molecular formula is C12H24F2N2O. The zero-order chi connectivity index (χ0) is 12.6. The molecule has 0 amide bonds. The van der Waals surface area contributed by atoms with Crippen LogP contribution in [0.3, 0.4) is 0 Å². The van der Waals surface area contributed by atoms with Crippen LogP contribution in [0.25, 0.3) is 0 Å². The molecule has 1 aliphatic rings. The zero-order valence-electron chi connectivity index (χ0n) is 10.6. The molecular weight excluding hydrogens is 226 g/mol. The highest BCUT2D eigenvalue weighted by atomic mass is 19.3. The zero-order valence-corrected chi connectivity index (χ0v) is 10.6. The molecule has 0 aliphatic heterocycles. The third-order valence-corrected chi connectivity index (χ3v) is 3.23. The number of nitrogens with one attached hydrogen (secondary N) is 2. The van der Waals surface area contributed by atoms with E-state index in [9.17, 15) is 8.78 Å². The summed E-state index contributed by atoms with van der Waals surface area (Å²) in [5, 5.41) is 6.54. The van der Waals surface area contributed by atoms with Crippen LogP contribution in [0.1, 0.15) is 25.7 Å². The first-order valence-corrected chi connectivity index (χ1v) is 6.42. The Hall–Kier alpha value is -0.260. The fraction of sp³-hybridized carbons (Fsp3) is 1.00. The molecule has 17 heavy (non-hydrogen) atoms. The van der Waals surface area contributed by atoms with E-state index in [4.69, 9.17) is 4.74 Å². The molecule has 0 heterocycles. The van der Waals surface area contributed by atoms with Gasteiger partial charge in [0.15, 0.2) is 0 Å². The van der Waals surface area contributed by atoms with E-state index in [1.807, 2.05) is 0 Å². The lowest BCUT2D eigenvalue weighted by atomic mass is 9.87. The van der Waals surface area contributed by atoms with Crippen molar-refractivity contribution in [2.24, 2.45) is 5.92 Å². The van der Waals surface area contributed by atoms with Gasteiger partial charge in [0, 0.05) is 39.6 Å². The molecule has 0 atom stereocenters. The maximum Gasteiger partial charge on any atom is 0.248 e. The standard InChI is InChI=1S/C12H24F2N2O/c1-17-9-8-15-6-7-16-10-11-2-4-12(13,14)5-3-11/h11,15-16H,2-10H2,1H3. The maximum absolute atomic E-state index is 12.9. The molecule has 3 nitrogen and oxygen atoms in total. The van der Waals surface area contributed by atoms with E-state index in [2.05, 4.69) is 10.6 Å². The largest absolute Gasteiger partial charge is 0.383 e. The maximum atomic E-state index is 12.9. The van der Waals surface area contributed by atoms with Crippen LogP contribution in [0.15, 0.2) is 0 Å². The van der Waals surface area contributed by atoms with E-state index >= 15 is 0 Å². The lowest BCUT2D eigenvalue weighted by Gasteiger charge is -2.28. The third-order valence-electron chi connectivity index (χ3n) is 3.23. The van der Waals surface area contributed by atoms with Gasteiger partial charge in [-0.25, -0.2) is 8.78 Å². The topological polar surface area (TPSA) is 33.3 Å². The number of halogens is 2. The van der Waals surface area contributed by atoms with Crippen molar-refractivity contribution in [3.05, 3.63) is 0 Å². The average Bonchev–Trinajstić information content (AvgIpc) is 2.30. The fourth-order valence-corrected chi connectivity index (χ4v) is 2.09. The second-order valence-electron chi connectivity index (χ2n) is 4.75.